The Kier molecular flexibility index (Phi) is 3.45. The lowest BCUT2D eigenvalue weighted by Gasteiger charge is -2.14. The van der Waals surface area contributed by atoms with Crippen LogP contribution in [0.1, 0.15) is 43.1 Å². The maximum Gasteiger partial charge on any atom is 0.0460 e. The van der Waals surface area contributed by atoms with E-state index in [2.05, 4.69) is 57.2 Å². The van der Waals surface area contributed by atoms with E-state index in [4.69, 9.17) is 4.98 Å². The fourth-order valence-electron chi connectivity index (χ4n) is 4.06. The molecule has 4 rings (SSSR count). The summed E-state index contributed by atoms with van der Waals surface area (Å²) in [4.78, 5) is 4.99. The molecular weight excluding hydrogens is 278 g/mol. The molecule has 0 fully saturated rings. The van der Waals surface area contributed by atoms with Crippen molar-refractivity contribution in [2.24, 2.45) is 0 Å². The van der Waals surface area contributed by atoms with Gasteiger partial charge < -0.3 is 0 Å². The second-order valence-corrected chi connectivity index (χ2v) is 6.69. The Morgan fingerprint density at radius 3 is 2.26 bits per heavy atom. The highest BCUT2D eigenvalue weighted by Gasteiger charge is 2.26. The fourth-order valence-corrected chi connectivity index (χ4v) is 4.06. The van der Waals surface area contributed by atoms with Crippen LogP contribution < -0.4 is 0 Å². The molecule has 2 aromatic carbocycles. The zero-order chi connectivity index (χ0) is 16.0. The number of pyridine rings is 1. The van der Waals surface area contributed by atoms with Gasteiger partial charge in [-0.2, -0.15) is 0 Å². The standard InChI is InChI=1S/C22H23N/c1-4-5-6-13-19-14(2)20-17-11-7-9-16-10-8-12-18(22(16)17)21(20)15(3)23-19/h7-12H,4-6,13H2,1-3H3. The number of rotatable bonds is 4. The number of hydrogen-bond donors (Lipinski definition) is 0. The van der Waals surface area contributed by atoms with Crippen LogP contribution in [-0.2, 0) is 6.42 Å². The third kappa shape index (κ3) is 2.10. The quantitative estimate of drug-likeness (QED) is 0.407. The highest BCUT2D eigenvalue weighted by molar-refractivity contribution is 6.16. The van der Waals surface area contributed by atoms with Crippen LogP contribution >= 0.6 is 0 Å². The van der Waals surface area contributed by atoms with Gasteiger partial charge in [0.25, 0.3) is 0 Å². The molecule has 0 N–H and O–H groups in total. The summed E-state index contributed by atoms with van der Waals surface area (Å²) in [5.41, 5.74) is 9.39. The number of benzene rings is 2. The molecular formula is C22H23N. The van der Waals surface area contributed by atoms with Crippen molar-refractivity contribution in [3.05, 3.63) is 53.3 Å². The van der Waals surface area contributed by atoms with Crippen LogP contribution in [-0.4, -0.2) is 4.98 Å². The molecule has 0 amide bonds. The van der Waals surface area contributed by atoms with Gasteiger partial charge in [-0.1, -0.05) is 56.2 Å². The van der Waals surface area contributed by atoms with E-state index in [0.717, 1.165) is 6.42 Å². The van der Waals surface area contributed by atoms with Crippen molar-refractivity contribution in [3.63, 3.8) is 0 Å². The van der Waals surface area contributed by atoms with E-state index >= 15 is 0 Å². The third-order valence-electron chi connectivity index (χ3n) is 5.18. The molecule has 23 heavy (non-hydrogen) atoms. The van der Waals surface area contributed by atoms with Crippen LogP contribution in [0, 0.1) is 13.8 Å². The molecule has 0 radical (unpaired) electrons. The Labute approximate surface area is 138 Å². The fraction of sp³-hybridized carbons (Fsp3) is 0.318. The van der Waals surface area contributed by atoms with Gasteiger partial charge in [0.05, 0.1) is 0 Å². The minimum absolute atomic E-state index is 1.10. The van der Waals surface area contributed by atoms with Gasteiger partial charge in [-0.05, 0) is 59.7 Å². The summed E-state index contributed by atoms with van der Waals surface area (Å²) >= 11 is 0. The molecule has 1 heteroatoms. The van der Waals surface area contributed by atoms with Crippen molar-refractivity contribution in [2.45, 2.75) is 46.5 Å². The van der Waals surface area contributed by atoms with E-state index in [1.54, 1.807) is 0 Å². The van der Waals surface area contributed by atoms with E-state index in [9.17, 15) is 0 Å². The summed E-state index contributed by atoms with van der Waals surface area (Å²) < 4.78 is 0. The number of aromatic nitrogens is 1. The highest BCUT2D eigenvalue weighted by Crippen LogP contribution is 2.49. The maximum atomic E-state index is 4.99. The smallest absolute Gasteiger partial charge is 0.0460 e. The zero-order valence-corrected chi connectivity index (χ0v) is 14.2. The first kappa shape index (κ1) is 14.4. The van der Waals surface area contributed by atoms with E-state index in [1.165, 1.54) is 69.2 Å². The highest BCUT2D eigenvalue weighted by atomic mass is 14.7. The molecule has 0 atom stereocenters. The van der Waals surface area contributed by atoms with E-state index in [-0.39, 0.29) is 0 Å². The average Bonchev–Trinajstić information content (AvgIpc) is 2.90. The molecule has 1 aliphatic rings. The van der Waals surface area contributed by atoms with Gasteiger partial charge in [-0.15, -0.1) is 0 Å². The first-order valence-corrected chi connectivity index (χ1v) is 8.75. The molecule has 0 aliphatic heterocycles. The Balaban J connectivity index is 1.96. The van der Waals surface area contributed by atoms with Crippen LogP contribution in [0.25, 0.3) is 33.0 Å². The summed E-state index contributed by atoms with van der Waals surface area (Å²) in [6.45, 7) is 6.69. The number of fused-ring (bicyclic) bond motifs is 3. The number of aryl methyl sites for hydroxylation is 2. The van der Waals surface area contributed by atoms with E-state index < -0.39 is 0 Å². The Hall–Kier alpha value is -2.15. The molecule has 0 saturated heterocycles. The molecule has 0 spiro atoms. The zero-order valence-electron chi connectivity index (χ0n) is 14.2. The summed E-state index contributed by atoms with van der Waals surface area (Å²) in [5.74, 6) is 0. The number of nitrogens with zero attached hydrogens (tertiary/aromatic N) is 1. The van der Waals surface area contributed by atoms with Crippen molar-refractivity contribution in [3.8, 4) is 22.3 Å². The van der Waals surface area contributed by atoms with Crippen molar-refractivity contribution in [1.82, 2.24) is 4.98 Å². The molecule has 0 unspecified atom stereocenters. The first-order chi connectivity index (χ1) is 11.2. The third-order valence-corrected chi connectivity index (χ3v) is 5.18. The van der Waals surface area contributed by atoms with Crippen LogP contribution in [0.2, 0.25) is 0 Å². The predicted molar refractivity (Wildman–Crippen MR) is 98.9 cm³/mol. The van der Waals surface area contributed by atoms with E-state index in [1.807, 2.05) is 0 Å². The van der Waals surface area contributed by atoms with Gasteiger partial charge in [-0.3, -0.25) is 4.98 Å². The van der Waals surface area contributed by atoms with E-state index in [0.29, 0.717) is 0 Å². The van der Waals surface area contributed by atoms with Gasteiger partial charge in [-0.25, -0.2) is 0 Å². The minimum Gasteiger partial charge on any atom is -0.257 e. The van der Waals surface area contributed by atoms with Crippen LogP contribution in [0.5, 0.6) is 0 Å². The molecule has 3 aromatic rings. The normalized spacial score (nSPS) is 12.0. The van der Waals surface area contributed by atoms with Gasteiger partial charge >= 0.3 is 0 Å². The van der Waals surface area contributed by atoms with Crippen molar-refractivity contribution in [2.75, 3.05) is 0 Å². The molecule has 116 valence electrons. The number of hydrogen-bond acceptors (Lipinski definition) is 1. The Bertz CT molecular complexity index is 900. The summed E-state index contributed by atoms with van der Waals surface area (Å²) in [6, 6.07) is 13.3. The Morgan fingerprint density at radius 1 is 0.870 bits per heavy atom. The maximum absolute atomic E-state index is 4.99. The summed E-state index contributed by atoms with van der Waals surface area (Å²) in [5, 5.41) is 2.74. The number of unbranched alkanes of at least 4 members (excludes halogenated alkanes) is 2. The first-order valence-electron chi connectivity index (χ1n) is 8.75. The van der Waals surface area contributed by atoms with Gasteiger partial charge in [0.1, 0.15) is 0 Å². The summed E-state index contributed by atoms with van der Waals surface area (Å²) in [7, 11) is 0. The second kappa shape index (κ2) is 5.49. The molecule has 1 aliphatic carbocycles. The molecule has 0 bridgehead atoms. The van der Waals surface area contributed by atoms with Crippen molar-refractivity contribution in [1.29, 1.82) is 0 Å². The largest absolute Gasteiger partial charge is 0.257 e. The lowest BCUT2D eigenvalue weighted by atomic mass is 9.95. The molecule has 1 heterocycles. The van der Waals surface area contributed by atoms with Crippen molar-refractivity contribution < 1.29 is 0 Å². The molecule has 1 nitrogen and oxygen atoms in total. The lowest BCUT2D eigenvalue weighted by molar-refractivity contribution is 0.703. The average molecular weight is 301 g/mol. The predicted octanol–water partition coefficient (Wildman–Crippen LogP) is 6.23. The second-order valence-electron chi connectivity index (χ2n) is 6.69. The van der Waals surface area contributed by atoms with Gasteiger partial charge in [0, 0.05) is 17.0 Å². The van der Waals surface area contributed by atoms with Gasteiger partial charge in [0.2, 0.25) is 0 Å². The van der Waals surface area contributed by atoms with Crippen molar-refractivity contribution >= 4 is 10.8 Å². The van der Waals surface area contributed by atoms with Crippen LogP contribution in [0.4, 0.5) is 0 Å². The monoisotopic (exact) mass is 301 g/mol. The van der Waals surface area contributed by atoms with Crippen LogP contribution in [0.3, 0.4) is 0 Å². The lowest BCUT2D eigenvalue weighted by Crippen LogP contribution is -2.01. The molecule has 1 aromatic heterocycles. The van der Waals surface area contributed by atoms with Crippen LogP contribution in [0.15, 0.2) is 36.4 Å². The molecule has 0 saturated carbocycles. The topological polar surface area (TPSA) is 12.9 Å². The van der Waals surface area contributed by atoms with Gasteiger partial charge in [0.15, 0.2) is 0 Å². The minimum atomic E-state index is 1.10. The summed E-state index contributed by atoms with van der Waals surface area (Å²) in [6.07, 6.45) is 4.88. The SMILES string of the molecule is CCCCCc1nc(C)c2c(c1C)-c1cccc3cccc-2c13. The Morgan fingerprint density at radius 2 is 1.57 bits per heavy atom.